The normalized spacial score (nSPS) is 16.6. The fourth-order valence-electron chi connectivity index (χ4n) is 0.419. The van der Waals surface area contributed by atoms with Crippen molar-refractivity contribution in [1.29, 1.82) is 0 Å². The molecular weight excluding hydrogens is 174 g/mol. The number of alkyl halides is 6. The molecule has 0 amide bonds. The quantitative estimate of drug-likeness (QED) is 0.573. The first kappa shape index (κ1) is 10.6. The summed E-state index contributed by atoms with van der Waals surface area (Å²) in [5.41, 5.74) is 0. The molecule has 0 fully saturated rings. The standard InChI is InChI=1S/C5H6F6/c1-2-4(7,8)3(6)5(9,10)11/h3H,2H2,1H3. The summed E-state index contributed by atoms with van der Waals surface area (Å²) in [6.07, 6.45) is -10.7. The molecular formula is C5H6F6. The van der Waals surface area contributed by atoms with Gasteiger partial charge in [0.15, 0.2) is 0 Å². The van der Waals surface area contributed by atoms with Gasteiger partial charge in [0.2, 0.25) is 0 Å². The highest BCUT2D eigenvalue weighted by molar-refractivity contribution is 4.81. The Labute approximate surface area is 59.2 Å². The summed E-state index contributed by atoms with van der Waals surface area (Å²) >= 11 is 0. The zero-order valence-electron chi connectivity index (χ0n) is 5.55. The third-order valence-electron chi connectivity index (χ3n) is 1.13. The van der Waals surface area contributed by atoms with E-state index in [1.54, 1.807) is 0 Å². The molecule has 1 atom stereocenters. The van der Waals surface area contributed by atoms with Crippen LogP contribution in [0.25, 0.3) is 0 Å². The number of hydrogen-bond donors (Lipinski definition) is 0. The van der Waals surface area contributed by atoms with Crippen LogP contribution in [-0.4, -0.2) is 18.3 Å². The molecule has 11 heavy (non-hydrogen) atoms. The van der Waals surface area contributed by atoms with Gasteiger partial charge in [-0.15, -0.1) is 0 Å². The third kappa shape index (κ3) is 2.59. The van der Waals surface area contributed by atoms with Gasteiger partial charge in [0.05, 0.1) is 0 Å². The first-order valence-electron chi connectivity index (χ1n) is 2.80. The van der Waals surface area contributed by atoms with E-state index in [-0.39, 0.29) is 0 Å². The van der Waals surface area contributed by atoms with Crippen LogP contribution >= 0.6 is 0 Å². The van der Waals surface area contributed by atoms with Crippen molar-refractivity contribution in [3.05, 3.63) is 0 Å². The molecule has 6 heteroatoms. The lowest BCUT2D eigenvalue weighted by Gasteiger charge is -2.20. The summed E-state index contributed by atoms with van der Waals surface area (Å²) in [5.74, 6) is -4.31. The van der Waals surface area contributed by atoms with Crippen LogP contribution in [0.5, 0.6) is 0 Å². The van der Waals surface area contributed by atoms with Crippen LogP contribution in [0.4, 0.5) is 26.3 Å². The van der Waals surface area contributed by atoms with Crippen LogP contribution < -0.4 is 0 Å². The second-order valence-corrected chi connectivity index (χ2v) is 2.02. The van der Waals surface area contributed by atoms with Crippen molar-refractivity contribution >= 4 is 0 Å². The lowest BCUT2D eigenvalue weighted by atomic mass is 10.1. The van der Waals surface area contributed by atoms with E-state index in [4.69, 9.17) is 0 Å². The summed E-state index contributed by atoms with van der Waals surface area (Å²) in [4.78, 5) is 0. The Kier molecular flexibility index (Phi) is 2.79. The molecule has 0 radical (unpaired) electrons. The van der Waals surface area contributed by atoms with E-state index in [1.165, 1.54) is 0 Å². The maximum Gasteiger partial charge on any atom is 0.425 e. The van der Waals surface area contributed by atoms with Crippen molar-refractivity contribution < 1.29 is 26.3 Å². The molecule has 0 aromatic heterocycles. The van der Waals surface area contributed by atoms with Crippen LogP contribution in [0.3, 0.4) is 0 Å². The summed E-state index contributed by atoms with van der Waals surface area (Å²) < 4.78 is 69.5. The lowest BCUT2D eigenvalue weighted by Crippen LogP contribution is -2.40. The highest BCUT2D eigenvalue weighted by Crippen LogP contribution is 2.36. The Hall–Kier alpha value is -0.420. The highest BCUT2D eigenvalue weighted by atomic mass is 19.4. The molecule has 0 spiro atoms. The first-order valence-corrected chi connectivity index (χ1v) is 2.80. The van der Waals surface area contributed by atoms with Crippen molar-refractivity contribution in [2.45, 2.75) is 31.6 Å². The zero-order valence-corrected chi connectivity index (χ0v) is 5.55. The molecule has 0 bridgehead atoms. The van der Waals surface area contributed by atoms with Gasteiger partial charge in [-0.25, -0.2) is 13.2 Å². The average Bonchev–Trinajstić information content (AvgIpc) is 1.84. The molecule has 0 heterocycles. The van der Waals surface area contributed by atoms with Crippen molar-refractivity contribution in [2.75, 3.05) is 0 Å². The number of halogens is 6. The summed E-state index contributed by atoms with van der Waals surface area (Å²) in [7, 11) is 0. The summed E-state index contributed by atoms with van der Waals surface area (Å²) in [6, 6.07) is 0. The number of rotatable bonds is 2. The molecule has 0 saturated carbocycles. The number of hydrogen-bond acceptors (Lipinski definition) is 0. The van der Waals surface area contributed by atoms with Crippen molar-refractivity contribution in [1.82, 2.24) is 0 Å². The van der Waals surface area contributed by atoms with E-state index >= 15 is 0 Å². The molecule has 0 N–H and O–H groups in total. The minimum atomic E-state index is -5.47. The van der Waals surface area contributed by atoms with E-state index in [9.17, 15) is 26.3 Å². The molecule has 0 aliphatic heterocycles. The van der Waals surface area contributed by atoms with Gasteiger partial charge >= 0.3 is 6.18 Å². The Balaban J connectivity index is 4.35. The van der Waals surface area contributed by atoms with Gasteiger partial charge in [0.25, 0.3) is 12.1 Å². The fraction of sp³-hybridized carbons (Fsp3) is 1.00. The van der Waals surface area contributed by atoms with E-state index in [2.05, 4.69) is 0 Å². The molecule has 0 saturated heterocycles. The molecule has 0 aromatic rings. The predicted octanol–water partition coefficient (Wildman–Crippen LogP) is 2.93. The summed E-state index contributed by atoms with van der Waals surface area (Å²) in [6.45, 7) is 0.790. The zero-order chi connectivity index (χ0) is 9.28. The first-order chi connectivity index (χ1) is 4.72. The second kappa shape index (κ2) is 2.91. The lowest BCUT2D eigenvalue weighted by molar-refractivity contribution is -0.244. The van der Waals surface area contributed by atoms with Crippen LogP contribution in [0, 0.1) is 0 Å². The maximum absolute atomic E-state index is 11.9. The smallest absolute Gasteiger partial charge is 0.231 e. The molecule has 1 unspecified atom stereocenters. The van der Waals surface area contributed by atoms with E-state index in [1.807, 2.05) is 0 Å². The Morgan fingerprint density at radius 1 is 1.09 bits per heavy atom. The van der Waals surface area contributed by atoms with Gasteiger partial charge in [-0.3, -0.25) is 0 Å². The SMILES string of the molecule is CCC(F)(F)C(F)C(F)(F)F. The van der Waals surface area contributed by atoms with Gasteiger partial charge in [0, 0.05) is 6.42 Å². The van der Waals surface area contributed by atoms with Crippen LogP contribution in [0.15, 0.2) is 0 Å². The van der Waals surface area contributed by atoms with Gasteiger partial charge in [-0.2, -0.15) is 13.2 Å². The molecule has 0 nitrogen and oxygen atoms in total. The fourth-order valence-corrected chi connectivity index (χ4v) is 0.419. The monoisotopic (exact) mass is 180 g/mol. The minimum absolute atomic E-state index is 0.790. The molecule has 68 valence electrons. The Bertz CT molecular complexity index is 125. The van der Waals surface area contributed by atoms with Gasteiger partial charge in [-0.05, 0) is 0 Å². The van der Waals surface area contributed by atoms with E-state index < -0.39 is 24.7 Å². The molecule has 0 aliphatic rings. The molecule has 0 aromatic carbocycles. The average molecular weight is 180 g/mol. The topological polar surface area (TPSA) is 0 Å². The predicted molar refractivity (Wildman–Crippen MR) is 26.2 cm³/mol. The minimum Gasteiger partial charge on any atom is -0.231 e. The Morgan fingerprint density at radius 2 is 1.45 bits per heavy atom. The second-order valence-electron chi connectivity index (χ2n) is 2.02. The molecule has 0 aliphatic carbocycles. The van der Waals surface area contributed by atoms with Gasteiger partial charge < -0.3 is 0 Å². The highest BCUT2D eigenvalue weighted by Gasteiger charge is 2.55. The van der Waals surface area contributed by atoms with Crippen molar-refractivity contribution in [3.63, 3.8) is 0 Å². The third-order valence-corrected chi connectivity index (χ3v) is 1.13. The molecule has 0 rings (SSSR count). The summed E-state index contributed by atoms with van der Waals surface area (Å²) in [5, 5.41) is 0. The van der Waals surface area contributed by atoms with E-state index in [0.717, 1.165) is 6.92 Å². The van der Waals surface area contributed by atoms with Crippen LogP contribution in [0.2, 0.25) is 0 Å². The Morgan fingerprint density at radius 3 is 1.55 bits per heavy atom. The van der Waals surface area contributed by atoms with Crippen LogP contribution in [-0.2, 0) is 0 Å². The van der Waals surface area contributed by atoms with Gasteiger partial charge in [0.1, 0.15) is 0 Å². The largest absolute Gasteiger partial charge is 0.425 e. The van der Waals surface area contributed by atoms with Crippen molar-refractivity contribution in [2.24, 2.45) is 0 Å². The maximum atomic E-state index is 11.9. The van der Waals surface area contributed by atoms with Crippen molar-refractivity contribution in [3.8, 4) is 0 Å². The van der Waals surface area contributed by atoms with Gasteiger partial charge in [-0.1, -0.05) is 6.92 Å². The van der Waals surface area contributed by atoms with E-state index in [0.29, 0.717) is 0 Å². The van der Waals surface area contributed by atoms with Crippen LogP contribution in [0.1, 0.15) is 13.3 Å².